The van der Waals surface area contributed by atoms with Gasteiger partial charge in [0.15, 0.2) is 0 Å². The molecule has 0 spiro atoms. The summed E-state index contributed by atoms with van der Waals surface area (Å²) in [5, 5.41) is 13.6. The van der Waals surface area contributed by atoms with E-state index in [-0.39, 0.29) is 30.4 Å². The van der Waals surface area contributed by atoms with Crippen LogP contribution in [0.25, 0.3) is 0 Å². The van der Waals surface area contributed by atoms with E-state index in [1.165, 1.54) is 36.3 Å². The van der Waals surface area contributed by atoms with Gasteiger partial charge in [-0.05, 0) is 30.3 Å². The summed E-state index contributed by atoms with van der Waals surface area (Å²) in [5.74, 6) is 0.704. The lowest BCUT2D eigenvalue weighted by atomic mass is 10.2. The van der Waals surface area contributed by atoms with Crippen LogP contribution in [0.15, 0.2) is 54.6 Å². The molecule has 3 aromatic rings. The van der Waals surface area contributed by atoms with Crippen molar-refractivity contribution in [3.05, 3.63) is 70.3 Å². The Morgan fingerprint density at radius 3 is 2.41 bits per heavy atom. The SMILES string of the molecule is COc1cc(N2CCN(c3ccc(N4C[C@H](CNC(=O)c5cccc([N+](=O)[O-])c5)OC4=O)cc3)CC2)nc(OC)n1. The number of piperazine rings is 1. The molecule has 0 unspecified atom stereocenters. The monoisotopic (exact) mass is 563 g/mol. The van der Waals surface area contributed by atoms with E-state index in [2.05, 4.69) is 25.1 Å². The topological polar surface area (TPSA) is 152 Å². The number of aromatic nitrogens is 2. The molecule has 1 aromatic heterocycles. The summed E-state index contributed by atoms with van der Waals surface area (Å²) in [6.07, 6.45) is -1.06. The van der Waals surface area contributed by atoms with Crippen LogP contribution in [-0.4, -0.2) is 86.5 Å². The van der Waals surface area contributed by atoms with Crippen molar-refractivity contribution in [2.45, 2.75) is 6.10 Å². The minimum absolute atomic E-state index is 0.0796. The summed E-state index contributed by atoms with van der Waals surface area (Å²) in [6, 6.07) is 15.2. The molecular formula is C27H29N7O7. The molecule has 2 aliphatic heterocycles. The normalized spacial score (nSPS) is 16.8. The van der Waals surface area contributed by atoms with Gasteiger partial charge in [0.1, 0.15) is 11.9 Å². The third kappa shape index (κ3) is 6.21. The van der Waals surface area contributed by atoms with Crippen LogP contribution < -0.4 is 29.5 Å². The van der Waals surface area contributed by atoms with Crippen molar-refractivity contribution in [2.24, 2.45) is 0 Å². The Morgan fingerprint density at radius 1 is 1.02 bits per heavy atom. The summed E-state index contributed by atoms with van der Waals surface area (Å²) in [5.41, 5.74) is 1.70. The van der Waals surface area contributed by atoms with Crippen LogP contribution >= 0.6 is 0 Å². The van der Waals surface area contributed by atoms with Crippen molar-refractivity contribution < 1.29 is 28.7 Å². The molecule has 1 atom stereocenters. The van der Waals surface area contributed by atoms with Gasteiger partial charge >= 0.3 is 12.1 Å². The number of methoxy groups -OCH3 is 2. The standard InChI is InChI=1S/C27H29N7O7/c1-39-24-15-23(29-26(30-24)40-2)32-12-10-31(11-13-32)19-6-8-20(9-7-19)33-17-22(41-27(33)36)16-28-25(35)18-4-3-5-21(14-18)34(37)38/h3-9,14-15,22H,10-13,16-17H2,1-2H3,(H,28,35)/t22-/m0/s1. The van der Waals surface area contributed by atoms with Gasteiger partial charge in [0.25, 0.3) is 11.6 Å². The number of hydrogen-bond acceptors (Lipinski definition) is 11. The molecule has 41 heavy (non-hydrogen) atoms. The Balaban J connectivity index is 1.14. The number of nitrogens with one attached hydrogen (secondary N) is 1. The van der Waals surface area contributed by atoms with Crippen molar-refractivity contribution in [3.8, 4) is 11.9 Å². The number of carbonyl (C=O) groups excluding carboxylic acids is 2. The highest BCUT2D eigenvalue weighted by atomic mass is 16.6. The minimum atomic E-state index is -0.561. The number of ether oxygens (including phenoxy) is 3. The molecule has 0 saturated carbocycles. The Morgan fingerprint density at radius 2 is 1.73 bits per heavy atom. The van der Waals surface area contributed by atoms with Crippen LogP contribution in [0.1, 0.15) is 10.4 Å². The van der Waals surface area contributed by atoms with Gasteiger partial charge in [-0.25, -0.2) is 4.79 Å². The fourth-order valence-corrected chi connectivity index (χ4v) is 4.70. The number of nitrogens with zero attached hydrogens (tertiary/aromatic N) is 6. The summed E-state index contributed by atoms with van der Waals surface area (Å²) in [6.45, 7) is 3.37. The zero-order valence-corrected chi connectivity index (χ0v) is 22.6. The minimum Gasteiger partial charge on any atom is -0.481 e. The second kappa shape index (κ2) is 11.9. The lowest BCUT2D eigenvalue weighted by Gasteiger charge is -2.36. The zero-order valence-electron chi connectivity index (χ0n) is 22.6. The Hall–Kier alpha value is -5.14. The molecule has 2 amide bonds. The predicted octanol–water partition coefficient (Wildman–Crippen LogP) is 2.48. The molecule has 0 aliphatic carbocycles. The maximum atomic E-state index is 12.5. The molecule has 1 N–H and O–H groups in total. The number of hydrogen-bond donors (Lipinski definition) is 1. The van der Waals surface area contributed by atoms with Crippen molar-refractivity contribution >= 4 is 34.9 Å². The first kappa shape index (κ1) is 27.4. The summed E-state index contributed by atoms with van der Waals surface area (Å²) >= 11 is 0. The van der Waals surface area contributed by atoms with Gasteiger partial charge in [-0.3, -0.25) is 19.8 Å². The number of nitro benzene ring substituents is 1. The van der Waals surface area contributed by atoms with E-state index < -0.39 is 23.0 Å². The maximum absolute atomic E-state index is 12.5. The van der Waals surface area contributed by atoms with Crippen LogP contribution in [0.2, 0.25) is 0 Å². The third-order valence-corrected chi connectivity index (χ3v) is 6.87. The number of benzene rings is 2. The van der Waals surface area contributed by atoms with E-state index in [1.54, 1.807) is 13.2 Å². The molecule has 2 fully saturated rings. The number of nitro groups is 1. The smallest absolute Gasteiger partial charge is 0.414 e. The number of rotatable bonds is 9. The molecule has 0 radical (unpaired) electrons. The van der Waals surface area contributed by atoms with Crippen LogP contribution in [0.3, 0.4) is 0 Å². The third-order valence-electron chi connectivity index (χ3n) is 6.87. The van der Waals surface area contributed by atoms with Gasteiger partial charge < -0.3 is 29.3 Å². The second-order valence-electron chi connectivity index (χ2n) is 9.38. The molecule has 5 rings (SSSR count). The van der Waals surface area contributed by atoms with E-state index in [0.717, 1.165) is 37.7 Å². The molecule has 14 nitrogen and oxygen atoms in total. The van der Waals surface area contributed by atoms with Crippen LogP contribution in [-0.2, 0) is 4.74 Å². The van der Waals surface area contributed by atoms with E-state index in [9.17, 15) is 19.7 Å². The predicted molar refractivity (Wildman–Crippen MR) is 149 cm³/mol. The highest BCUT2D eigenvalue weighted by Gasteiger charge is 2.33. The Kier molecular flexibility index (Phi) is 7.99. The summed E-state index contributed by atoms with van der Waals surface area (Å²) in [7, 11) is 3.07. The van der Waals surface area contributed by atoms with Crippen molar-refractivity contribution in [1.82, 2.24) is 15.3 Å². The molecule has 2 aromatic carbocycles. The van der Waals surface area contributed by atoms with Crippen molar-refractivity contribution in [2.75, 3.05) is 68.2 Å². The molecule has 214 valence electrons. The molecular weight excluding hydrogens is 534 g/mol. The average Bonchev–Trinajstić information content (AvgIpc) is 3.39. The zero-order chi connectivity index (χ0) is 28.9. The van der Waals surface area contributed by atoms with Gasteiger partial charge in [-0.2, -0.15) is 9.97 Å². The first-order valence-corrected chi connectivity index (χ1v) is 12.9. The Bertz CT molecular complexity index is 1410. The van der Waals surface area contributed by atoms with Crippen LogP contribution in [0.4, 0.5) is 27.7 Å². The number of non-ortho nitro benzene ring substituents is 1. The maximum Gasteiger partial charge on any atom is 0.414 e. The van der Waals surface area contributed by atoms with E-state index in [1.807, 2.05) is 24.3 Å². The van der Waals surface area contributed by atoms with Gasteiger partial charge in [-0.1, -0.05) is 6.07 Å². The van der Waals surface area contributed by atoms with E-state index in [4.69, 9.17) is 14.2 Å². The van der Waals surface area contributed by atoms with Gasteiger partial charge in [0.05, 0.1) is 32.2 Å². The molecule has 2 aliphatic rings. The first-order chi connectivity index (χ1) is 19.8. The second-order valence-corrected chi connectivity index (χ2v) is 9.38. The van der Waals surface area contributed by atoms with Crippen LogP contribution in [0.5, 0.6) is 11.9 Å². The van der Waals surface area contributed by atoms with Gasteiger partial charge in [0, 0.05) is 61.3 Å². The highest BCUT2D eigenvalue weighted by molar-refractivity contribution is 5.95. The molecule has 0 bridgehead atoms. The Labute approximate surface area is 235 Å². The molecule has 3 heterocycles. The summed E-state index contributed by atoms with van der Waals surface area (Å²) < 4.78 is 15.9. The largest absolute Gasteiger partial charge is 0.481 e. The lowest BCUT2D eigenvalue weighted by molar-refractivity contribution is -0.384. The fourth-order valence-electron chi connectivity index (χ4n) is 4.70. The lowest BCUT2D eigenvalue weighted by Crippen LogP contribution is -2.46. The van der Waals surface area contributed by atoms with Crippen molar-refractivity contribution in [3.63, 3.8) is 0 Å². The molecule has 2 saturated heterocycles. The first-order valence-electron chi connectivity index (χ1n) is 12.9. The highest BCUT2D eigenvalue weighted by Crippen LogP contribution is 2.27. The quantitative estimate of drug-likeness (QED) is 0.302. The average molecular weight is 564 g/mol. The number of cyclic esters (lactones) is 1. The molecule has 14 heteroatoms. The number of anilines is 3. The van der Waals surface area contributed by atoms with E-state index in [0.29, 0.717) is 11.6 Å². The number of carbonyl (C=O) groups is 2. The summed E-state index contributed by atoms with van der Waals surface area (Å²) in [4.78, 5) is 49.9. The van der Waals surface area contributed by atoms with Crippen LogP contribution in [0, 0.1) is 10.1 Å². The van der Waals surface area contributed by atoms with Gasteiger partial charge in [0.2, 0.25) is 5.88 Å². The fraction of sp³-hybridized carbons (Fsp3) is 0.333. The van der Waals surface area contributed by atoms with Gasteiger partial charge in [-0.15, -0.1) is 0 Å². The number of amides is 2. The van der Waals surface area contributed by atoms with E-state index >= 15 is 0 Å². The van der Waals surface area contributed by atoms with Crippen molar-refractivity contribution in [1.29, 1.82) is 0 Å².